The molecule has 0 unspecified atom stereocenters. The maximum atomic E-state index is 11.8. The first-order valence-electron chi connectivity index (χ1n) is 6.64. The number of aliphatic carboxylic acids is 1. The minimum absolute atomic E-state index is 0.0421. The molecule has 0 aromatic heterocycles. The molecule has 1 aromatic carbocycles. The Labute approximate surface area is 130 Å². The molecular formula is C14H17F3N2O4. The Kier molecular flexibility index (Phi) is 6.38. The number of nitrogens with one attached hydrogen (secondary N) is 1. The zero-order valence-electron chi connectivity index (χ0n) is 12.3. The first-order valence-corrected chi connectivity index (χ1v) is 6.64. The number of alkyl halides is 3. The van der Waals surface area contributed by atoms with E-state index in [2.05, 4.69) is 5.32 Å². The molecular weight excluding hydrogens is 317 g/mol. The third-order valence-electron chi connectivity index (χ3n) is 3.10. The number of carboxylic acid groups (broad SMARTS) is 1. The molecule has 1 amide bonds. The first kappa shape index (κ1) is 18.8. The van der Waals surface area contributed by atoms with E-state index in [0.717, 1.165) is 18.6 Å². The molecule has 1 aliphatic rings. The lowest BCUT2D eigenvalue weighted by Crippen LogP contribution is -2.50. The number of nitrogens with two attached hydrogens (primary N) is 1. The van der Waals surface area contributed by atoms with Crippen molar-refractivity contribution >= 4 is 11.9 Å². The van der Waals surface area contributed by atoms with Gasteiger partial charge in [0.15, 0.2) is 0 Å². The summed E-state index contributed by atoms with van der Waals surface area (Å²) in [5.74, 6) is -2.05. The van der Waals surface area contributed by atoms with E-state index in [4.69, 9.17) is 20.4 Å². The number of benzene rings is 1. The lowest BCUT2D eigenvalue weighted by atomic mass is 9.87. The zero-order valence-corrected chi connectivity index (χ0v) is 12.3. The topological polar surface area (TPSA) is 102 Å². The number of amides is 1. The second-order valence-corrected chi connectivity index (χ2v) is 4.93. The Morgan fingerprint density at radius 3 is 2.09 bits per heavy atom. The first-order chi connectivity index (χ1) is 10.6. The average Bonchev–Trinajstić information content (AvgIpc) is 2.45. The standard InChI is InChI=1S/C12H16N2O2.C2HF3O2/c1-16-11-4-2-8(3-5-11)12(15)14-10-6-9(13)7-10;3-2(4,5)1(6)7/h2-5,9-10H,6-7,13H2,1H3,(H,14,15);(H,6,7). The highest BCUT2D eigenvalue weighted by atomic mass is 19.4. The van der Waals surface area contributed by atoms with Crippen LogP contribution in [0.3, 0.4) is 0 Å². The number of hydrogen-bond donors (Lipinski definition) is 3. The molecule has 9 heteroatoms. The molecule has 0 aliphatic heterocycles. The minimum atomic E-state index is -5.08. The quantitative estimate of drug-likeness (QED) is 0.778. The number of ether oxygens (including phenoxy) is 1. The van der Waals surface area contributed by atoms with Crippen LogP contribution in [-0.4, -0.2) is 42.4 Å². The monoisotopic (exact) mass is 334 g/mol. The maximum absolute atomic E-state index is 11.8. The highest BCUT2D eigenvalue weighted by Gasteiger charge is 2.38. The van der Waals surface area contributed by atoms with Crippen molar-refractivity contribution in [2.45, 2.75) is 31.1 Å². The fourth-order valence-electron chi connectivity index (χ4n) is 1.79. The number of hydrogen-bond acceptors (Lipinski definition) is 4. The number of carboxylic acids is 1. The molecule has 0 radical (unpaired) electrons. The lowest BCUT2D eigenvalue weighted by Gasteiger charge is -2.32. The van der Waals surface area contributed by atoms with Crippen LogP contribution in [0.2, 0.25) is 0 Å². The molecule has 1 saturated carbocycles. The number of carbonyl (C=O) groups is 2. The van der Waals surface area contributed by atoms with Gasteiger partial charge in [0.2, 0.25) is 0 Å². The van der Waals surface area contributed by atoms with Gasteiger partial charge < -0.3 is 20.9 Å². The normalized spacial score (nSPS) is 19.7. The largest absolute Gasteiger partial charge is 0.497 e. The Morgan fingerprint density at radius 1 is 1.26 bits per heavy atom. The summed E-state index contributed by atoms with van der Waals surface area (Å²) in [6.07, 6.45) is -3.33. The molecule has 6 nitrogen and oxygen atoms in total. The Bertz CT molecular complexity index is 540. The number of rotatable bonds is 3. The predicted molar refractivity (Wildman–Crippen MR) is 75.1 cm³/mol. The summed E-state index contributed by atoms with van der Waals surface area (Å²) in [7, 11) is 1.60. The summed E-state index contributed by atoms with van der Waals surface area (Å²) in [6.45, 7) is 0. The van der Waals surface area contributed by atoms with Gasteiger partial charge in [-0.1, -0.05) is 0 Å². The smallest absolute Gasteiger partial charge is 0.490 e. The van der Waals surface area contributed by atoms with Gasteiger partial charge in [-0.2, -0.15) is 13.2 Å². The SMILES string of the molecule is COc1ccc(C(=O)NC2CC(N)C2)cc1.O=C(O)C(F)(F)F. The van der Waals surface area contributed by atoms with Crippen molar-refractivity contribution in [1.82, 2.24) is 5.32 Å². The number of methoxy groups -OCH3 is 1. The van der Waals surface area contributed by atoms with Gasteiger partial charge in [-0.15, -0.1) is 0 Å². The molecule has 0 bridgehead atoms. The molecule has 1 aromatic rings. The summed E-state index contributed by atoms with van der Waals surface area (Å²) in [6, 6.07) is 7.56. The van der Waals surface area contributed by atoms with Crippen LogP contribution in [0.25, 0.3) is 0 Å². The molecule has 2 rings (SSSR count). The molecule has 128 valence electrons. The van der Waals surface area contributed by atoms with Gasteiger partial charge in [-0.3, -0.25) is 4.79 Å². The van der Waals surface area contributed by atoms with Crippen molar-refractivity contribution < 1.29 is 32.6 Å². The van der Waals surface area contributed by atoms with Crippen molar-refractivity contribution in [3.63, 3.8) is 0 Å². The van der Waals surface area contributed by atoms with Crippen molar-refractivity contribution in [1.29, 1.82) is 0 Å². The van der Waals surface area contributed by atoms with Crippen LogP contribution in [0.4, 0.5) is 13.2 Å². The van der Waals surface area contributed by atoms with Crippen LogP contribution in [-0.2, 0) is 4.79 Å². The highest BCUT2D eigenvalue weighted by molar-refractivity contribution is 5.94. The van der Waals surface area contributed by atoms with Gasteiger partial charge in [-0.25, -0.2) is 4.79 Å². The molecule has 4 N–H and O–H groups in total. The third kappa shape index (κ3) is 6.15. The number of carbonyl (C=O) groups excluding carboxylic acids is 1. The molecule has 1 fully saturated rings. The molecule has 0 atom stereocenters. The van der Waals surface area contributed by atoms with Gasteiger partial charge in [-0.05, 0) is 37.1 Å². The molecule has 0 heterocycles. The second-order valence-electron chi connectivity index (χ2n) is 4.93. The van der Waals surface area contributed by atoms with Gasteiger partial charge in [0.05, 0.1) is 7.11 Å². The zero-order chi connectivity index (χ0) is 17.6. The van der Waals surface area contributed by atoms with Crippen LogP contribution in [0.5, 0.6) is 5.75 Å². The lowest BCUT2D eigenvalue weighted by molar-refractivity contribution is -0.192. The van der Waals surface area contributed by atoms with Gasteiger partial charge in [0, 0.05) is 17.6 Å². The van der Waals surface area contributed by atoms with Crippen LogP contribution in [0.15, 0.2) is 24.3 Å². The van der Waals surface area contributed by atoms with Crippen molar-refractivity contribution in [2.75, 3.05) is 7.11 Å². The Balaban J connectivity index is 0.000000322. The van der Waals surface area contributed by atoms with Gasteiger partial charge >= 0.3 is 12.1 Å². The van der Waals surface area contributed by atoms with Crippen LogP contribution >= 0.6 is 0 Å². The van der Waals surface area contributed by atoms with Crippen LogP contribution in [0.1, 0.15) is 23.2 Å². The van der Waals surface area contributed by atoms with Gasteiger partial charge in [0.25, 0.3) is 5.91 Å². The van der Waals surface area contributed by atoms with Crippen LogP contribution in [0, 0.1) is 0 Å². The summed E-state index contributed by atoms with van der Waals surface area (Å²) in [5, 5.41) is 10.1. The molecule has 23 heavy (non-hydrogen) atoms. The Hall–Kier alpha value is -2.29. The van der Waals surface area contributed by atoms with Crippen molar-refractivity contribution in [3.8, 4) is 5.75 Å². The summed E-state index contributed by atoms with van der Waals surface area (Å²) < 4.78 is 36.8. The van der Waals surface area contributed by atoms with Crippen molar-refractivity contribution in [2.24, 2.45) is 5.73 Å². The molecule has 0 saturated heterocycles. The van der Waals surface area contributed by atoms with Crippen LogP contribution < -0.4 is 15.8 Å². The minimum Gasteiger partial charge on any atom is -0.497 e. The molecule has 1 aliphatic carbocycles. The van der Waals surface area contributed by atoms with E-state index in [9.17, 15) is 18.0 Å². The van der Waals surface area contributed by atoms with E-state index in [1.807, 2.05) is 0 Å². The van der Waals surface area contributed by atoms with E-state index < -0.39 is 12.1 Å². The second kappa shape index (κ2) is 7.82. The Morgan fingerprint density at radius 2 is 1.74 bits per heavy atom. The fourth-order valence-corrected chi connectivity index (χ4v) is 1.79. The predicted octanol–water partition coefficient (Wildman–Crippen LogP) is 1.55. The van der Waals surface area contributed by atoms with E-state index in [1.165, 1.54) is 0 Å². The van der Waals surface area contributed by atoms with Gasteiger partial charge in [0.1, 0.15) is 5.75 Å². The van der Waals surface area contributed by atoms with Crippen molar-refractivity contribution in [3.05, 3.63) is 29.8 Å². The maximum Gasteiger partial charge on any atom is 0.490 e. The van der Waals surface area contributed by atoms with E-state index in [-0.39, 0.29) is 18.0 Å². The number of halogens is 3. The molecule has 0 spiro atoms. The van der Waals surface area contributed by atoms with E-state index in [0.29, 0.717) is 5.56 Å². The van der Waals surface area contributed by atoms with E-state index >= 15 is 0 Å². The fraction of sp³-hybridized carbons (Fsp3) is 0.429. The summed E-state index contributed by atoms with van der Waals surface area (Å²) in [5.41, 5.74) is 6.31. The van der Waals surface area contributed by atoms with E-state index in [1.54, 1.807) is 31.4 Å². The summed E-state index contributed by atoms with van der Waals surface area (Å²) in [4.78, 5) is 20.7. The summed E-state index contributed by atoms with van der Waals surface area (Å²) >= 11 is 0. The average molecular weight is 334 g/mol. The highest BCUT2D eigenvalue weighted by Crippen LogP contribution is 2.18. The third-order valence-corrected chi connectivity index (χ3v) is 3.10.